The molecule has 2 aromatic carbocycles. The Bertz CT molecular complexity index is 788. The van der Waals surface area contributed by atoms with Crippen LogP contribution in [0.3, 0.4) is 0 Å². The second-order valence-electron chi connectivity index (χ2n) is 5.94. The van der Waals surface area contributed by atoms with Gasteiger partial charge >= 0.3 is 6.18 Å². The minimum atomic E-state index is -4.38. The average Bonchev–Trinajstić information content (AvgIpc) is 2.60. The predicted molar refractivity (Wildman–Crippen MR) is 101 cm³/mol. The van der Waals surface area contributed by atoms with Crippen LogP contribution in [0.4, 0.5) is 24.5 Å². The van der Waals surface area contributed by atoms with Crippen molar-refractivity contribution in [1.82, 2.24) is 4.90 Å². The zero-order chi connectivity index (χ0) is 19.3. The van der Waals surface area contributed by atoms with Crippen molar-refractivity contribution in [3.05, 3.63) is 58.1 Å². The zero-order valence-electron chi connectivity index (χ0n) is 14.9. The maximum atomic E-state index is 13.1. The standard InChI is InChI=1S/C19H21ClF3N3/c1-4-26(3)12-25-18-9-13(2)17(10-16(18)20)24-11-14-7-5-6-8-15(14)19(21,22)23/h5-10,12,24H,4,11H2,1-3H3/b25-12-. The van der Waals surface area contributed by atoms with Crippen molar-refractivity contribution in [2.75, 3.05) is 18.9 Å². The van der Waals surface area contributed by atoms with Crippen molar-refractivity contribution < 1.29 is 13.2 Å². The van der Waals surface area contributed by atoms with E-state index in [0.29, 0.717) is 16.4 Å². The summed E-state index contributed by atoms with van der Waals surface area (Å²) in [4.78, 5) is 6.24. The molecule has 0 atom stereocenters. The molecule has 0 fully saturated rings. The Kier molecular flexibility index (Phi) is 6.53. The zero-order valence-corrected chi connectivity index (χ0v) is 15.6. The number of nitrogens with one attached hydrogen (secondary N) is 1. The average molecular weight is 384 g/mol. The molecule has 26 heavy (non-hydrogen) atoms. The van der Waals surface area contributed by atoms with Crippen LogP contribution in [0.15, 0.2) is 41.4 Å². The van der Waals surface area contributed by atoms with Crippen molar-refractivity contribution in [2.24, 2.45) is 4.99 Å². The van der Waals surface area contributed by atoms with Crippen LogP contribution in [-0.4, -0.2) is 24.8 Å². The normalized spacial score (nSPS) is 11.8. The minimum Gasteiger partial charge on any atom is -0.381 e. The fourth-order valence-electron chi connectivity index (χ4n) is 2.34. The molecule has 0 spiro atoms. The molecule has 2 aromatic rings. The minimum absolute atomic E-state index is 0.0496. The molecule has 3 nitrogen and oxygen atoms in total. The van der Waals surface area contributed by atoms with Crippen LogP contribution in [0, 0.1) is 6.92 Å². The van der Waals surface area contributed by atoms with Gasteiger partial charge in [-0.05, 0) is 43.2 Å². The molecule has 140 valence electrons. The van der Waals surface area contributed by atoms with Crippen LogP contribution in [0.25, 0.3) is 0 Å². The van der Waals surface area contributed by atoms with Crippen LogP contribution < -0.4 is 5.32 Å². The quantitative estimate of drug-likeness (QED) is 0.497. The molecule has 0 aromatic heterocycles. The lowest BCUT2D eigenvalue weighted by Crippen LogP contribution is -2.14. The summed E-state index contributed by atoms with van der Waals surface area (Å²) in [5.74, 6) is 0. The van der Waals surface area contributed by atoms with E-state index in [1.165, 1.54) is 12.1 Å². The molecule has 0 bridgehead atoms. The van der Waals surface area contributed by atoms with Crippen molar-refractivity contribution in [2.45, 2.75) is 26.6 Å². The van der Waals surface area contributed by atoms with Gasteiger partial charge in [0.25, 0.3) is 0 Å². The highest BCUT2D eigenvalue weighted by Crippen LogP contribution is 2.34. The highest BCUT2D eigenvalue weighted by atomic mass is 35.5. The van der Waals surface area contributed by atoms with Gasteiger partial charge in [-0.1, -0.05) is 29.8 Å². The Hall–Kier alpha value is -2.21. The molecule has 0 aliphatic carbocycles. The lowest BCUT2D eigenvalue weighted by atomic mass is 10.1. The SMILES string of the molecule is CCN(C)/C=N\c1cc(C)c(NCc2ccccc2C(F)(F)F)cc1Cl. The molecule has 0 aliphatic rings. The molecule has 2 rings (SSSR count). The second kappa shape index (κ2) is 8.45. The van der Waals surface area contributed by atoms with E-state index in [4.69, 9.17) is 11.6 Å². The van der Waals surface area contributed by atoms with E-state index in [1.807, 2.05) is 25.8 Å². The van der Waals surface area contributed by atoms with E-state index in [1.54, 1.807) is 24.5 Å². The number of anilines is 1. The Morgan fingerprint density at radius 3 is 2.58 bits per heavy atom. The molecule has 0 saturated heterocycles. The molecule has 0 radical (unpaired) electrons. The number of aryl methyl sites for hydroxylation is 1. The molecule has 0 saturated carbocycles. The van der Waals surface area contributed by atoms with E-state index < -0.39 is 11.7 Å². The third kappa shape index (κ3) is 5.14. The van der Waals surface area contributed by atoms with E-state index in [2.05, 4.69) is 10.3 Å². The van der Waals surface area contributed by atoms with Gasteiger partial charge in [-0.3, -0.25) is 0 Å². The first-order valence-corrected chi connectivity index (χ1v) is 8.53. The van der Waals surface area contributed by atoms with Gasteiger partial charge in [-0.15, -0.1) is 0 Å². The Labute approximate surface area is 156 Å². The van der Waals surface area contributed by atoms with E-state index in [9.17, 15) is 13.2 Å². The van der Waals surface area contributed by atoms with Gasteiger partial charge in [0.05, 0.1) is 22.6 Å². The summed E-state index contributed by atoms with van der Waals surface area (Å²) in [6.07, 6.45) is -2.69. The molecule has 0 unspecified atom stereocenters. The number of benzene rings is 2. The summed E-state index contributed by atoms with van der Waals surface area (Å²) in [5, 5.41) is 3.47. The molecule has 7 heteroatoms. The molecular formula is C19H21ClF3N3. The summed E-state index contributed by atoms with van der Waals surface area (Å²) < 4.78 is 39.2. The first-order chi connectivity index (χ1) is 12.2. The third-order valence-electron chi connectivity index (χ3n) is 3.98. The highest BCUT2D eigenvalue weighted by Gasteiger charge is 2.32. The van der Waals surface area contributed by atoms with Gasteiger partial charge < -0.3 is 10.2 Å². The van der Waals surface area contributed by atoms with E-state index in [0.717, 1.165) is 18.2 Å². The summed E-state index contributed by atoms with van der Waals surface area (Å²) in [6, 6.07) is 9.01. The largest absolute Gasteiger partial charge is 0.416 e. The lowest BCUT2D eigenvalue weighted by molar-refractivity contribution is -0.138. The van der Waals surface area contributed by atoms with Crippen molar-refractivity contribution >= 4 is 29.3 Å². The van der Waals surface area contributed by atoms with Crippen LogP contribution in [-0.2, 0) is 12.7 Å². The van der Waals surface area contributed by atoms with Crippen LogP contribution in [0.2, 0.25) is 5.02 Å². The summed E-state index contributed by atoms with van der Waals surface area (Å²) in [7, 11) is 1.90. The van der Waals surface area contributed by atoms with E-state index >= 15 is 0 Å². The third-order valence-corrected chi connectivity index (χ3v) is 4.28. The van der Waals surface area contributed by atoms with Crippen LogP contribution in [0.5, 0.6) is 0 Å². The number of alkyl halides is 3. The number of nitrogens with zero attached hydrogens (tertiary/aromatic N) is 2. The first-order valence-electron chi connectivity index (χ1n) is 8.16. The monoisotopic (exact) mass is 383 g/mol. The van der Waals surface area contributed by atoms with Gasteiger partial charge in [0.1, 0.15) is 0 Å². The molecule has 1 N–H and O–H groups in total. The highest BCUT2D eigenvalue weighted by molar-refractivity contribution is 6.33. The smallest absolute Gasteiger partial charge is 0.381 e. The molecule has 0 amide bonds. The summed E-state index contributed by atoms with van der Waals surface area (Å²) in [5.41, 5.74) is 1.69. The van der Waals surface area contributed by atoms with E-state index in [-0.39, 0.29) is 12.1 Å². The molecule has 0 aliphatic heterocycles. The Balaban J connectivity index is 2.19. The maximum absolute atomic E-state index is 13.1. The van der Waals surface area contributed by atoms with Gasteiger partial charge in [0, 0.05) is 25.8 Å². The lowest BCUT2D eigenvalue weighted by Gasteiger charge is -2.16. The maximum Gasteiger partial charge on any atom is 0.416 e. The van der Waals surface area contributed by atoms with Crippen LogP contribution in [0.1, 0.15) is 23.6 Å². The van der Waals surface area contributed by atoms with Gasteiger partial charge in [0.15, 0.2) is 0 Å². The number of hydrogen-bond acceptors (Lipinski definition) is 2. The Morgan fingerprint density at radius 1 is 1.23 bits per heavy atom. The first kappa shape index (κ1) is 20.1. The van der Waals surface area contributed by atoms with Crippen molar-refractivity contribution in [3.8, 4) is 0 Å². The number of halogens is 4. The summed E-state index contributed by atoms with van der Waals surface area (Å²) in [6.45, 7) is 4.73. The number of aliphatic imine (C=N–C) groups is 1. The number of hydrogen-bond donors (Lipinski definition) is 1. The van der Waals surface area contributed by atoms with Crippen molar-refractivity contribution in [3.63, 3.8) is 0 Å². The van der Waals surface area contributed by atoms with Crippen LogP contribution >= 0.6 is 11.6 Å². The van der Waals surface area contributed by atoms with Crippen molar-refractivity contribution in [1.29, 1.82) is 0 Å². The topological polar surface area (TPSA) is 27.6 Å². The van der Waals surface area contributed by atoms with Gasteiger partial charge in [0.2, 0.25) is 0 Å². The van der Waals surface area contributed by atoms with Gasteiger partial charge in [-0.2, -0.15) is 13.2 Å². The summed E-state index contributed by atoms with van der Waals surface area (Å²) >= 11 is 6.26. The molecular weight excluding hydrogens is 363 g/mol. The predicted octanol–water partition coefficient (Wildman–Crippen LogP) is 5.89. The number of rotatable bonds is 6. The Morgan fingerprint density at radius 2 is 1.92 bits per heavy atom. The van der Waals surface area contributed by atoms with Gasteiger partial charge in [-0.25, -0.2) is 4.99 Å². The fourth-order valence-corrected chi connectivity index (χ4v) is 2.55. The molecule has 0 heterocycles. The fraction of sp³-hybridized carbons (Fsp3) is 0.316. The second-order valence-corrected chi connectivity index (χ2v) is 6.35.